The van der Waals surface area contributed by atoms with E-state index in [9.17, 15) is 28.2 Å². The van der Waals surface area contributed by atoms with E-state index in [1.54, 1.807) is 0 Å². The van der Waals surface area contributed by atoms with Crippen molar-refractivity contribution in [3.63, 3.8) is 0 Å². The van der Waals surface area contributed by atoms with Crippen molar-refractivity contribution in [3.05, 3.63) is 29.8 Å². The topological polar surface area (TPSA) is 87.0 Å². The van der Waals surface area contributed by atoms with Crippen LogP contribution in [0.4, 0.5) is 13.2 Å². The van der Waals surface area contributed by atoms with Gasteiger partial charge in [0, 0.05) is 5.56 Å². The third kappa shape index (κ3) is 4.76. The second-order valence-corrected chi connectivity index (χ2v) is 3.70. The van der Waals surface area contributed by atoms with Gasteiger partial charge in [-0.3, -0.25) is 4.79 Å². The summed E-state index contributed by atoms with van der Waals surface area (Å²) in [6.07, 6.45) is -9.29. The predicted octanol–water partition coefficient (Wildman–Crippen LogP) is 1.45. The molecule has 0 radical (unpaired) electrons. The van der Waals surface area contributed by atoms with Crippen molar-refractivity contribution in [2.24, 2.45) is 0 Å². The first-order valence-electron chi connectivity index (χ1n) is 5.13. The highest BCUT2D eigenvalue weighted by atomic mass is 19.4. The van der Waals surface area contributed by atoms with Crippen LogP contribution in [0, 0.1) is 0 Å². The number of aliphatic hydroxyl groups is 2. The highest BCUT2D eigenvalue weighted by molar-refractivity contribution is 5.67. The van der Waals surface area contributed by atoms with E-state index in [0.717, 1.165) is 12.1 Å². The van der Waals surface area contributed by atoms with Crippen LogP contribution in [-0.4, -0.2) is 33.8 Å². The number of halogens is 3. The summed E-state index contributed by atoms with van der Waals surface area (Å²) in [4.78, 5) is 10.4. The molecule has 0 aliphatic rings. The van der Waals surface area contributed by atoms with Crippen molar-refractivity contribution < 1.29 is 38.0 Å². The van der Waals surface area contributed by atoms with Crippen molar-refractivity contribution in [3.8, 4) is 5.75 Å². The maximum Gasteiger partial charge on any atom is 0.573 e. The summed E-state index contributed by atoms with van der Waals surface area (Å²) in [5.74, 6) is -2.08. The molecular weight excluding hydrogens is 269 g/mol. The van der Waals surface area contributed by atoms with E-state index >= 15 is 0 Å². The van der Waals surface area contributed by atoms with Gasteiger partial charge in [-0.15, -0.1) is 13.2 Å². The molecule has 0 bridgehead atoms. The highest BCUT2D eigenvalue weighted by Crippen LogP contribution is 2.32. The van der Waals surface area contributed by atoms with Crippen LogP contribution in [-0.2, 0) is 4.79 Å². The number of carbonyl (C=O) groups is 1. The van der Waals surface area contributed by atoms with E-state index in [2.05, 4.69) is 4.74 Å². The molecule has 1 rings (SSSR count). The van der Waals surface area contributed by atoms with Gasteiger partial charge < -0.3 is 20.1 Å². The smallest absolute Gasteiger partial charge is 0.481 e. The molecule has 8 heteroatoms. The number of alkyl halides is 3. The second kappa shape index (κ2) is 5.89. The number of carboxylic acid groups (broad SMARTS) is 1. The molecule has 0 heterocycles. The number of hydrogen-bond acceptors (Lipinski definition) is 4. The van der Waals surface area contributed by atoms with Gasteiger partial charge in [-0.1, -0.05) is 18.2 Å². The molecular formula is C11H11F3O5. The Hall–Kier alpha value is -1.80. The van der Waals surface area contributed by atoms with Crippen LogP contribution in [0.15, 0.2) is 24.3 Å². The number of rotatable bonds is 5. The summed E-state index contributed by atoms with van der Waals surface area (Å²) >= 11 is 0. The van der Waals surface area contributed by atoms with Gasteiger partial charge in [-0.2, -0.15) is 0 Å². The van der Waals surface area contributed by atoms with E-state index in [4.69, 9.17) is 5.11 Å². The average molecular weight is 280 g/mol. The van der Waals surface area contributed by atoms with Crippen molar-refractivity contribution in [1.29, 1.82) is 0 Å². The molecule has 0 saturated carbocycles. The lowest BCUT2D eigenvalue weighted by Crippen LogP contribution is -2.24. The van der Waals surface area contributed by atoms with Gasteiger partial charge in [-0.25, -0.2) is 0 Å². The summed E-state index contributed by atoms with van der Waals surface area (Å²) < 4.78 is 40.1. The van der Waals surface area contributed by atoms with Crippen LogP contribution in [0.1, 0.15) is 18.1 Å². The number of carboxylic acids is 1. The molecule has 2 unspecified atom stereocenters. The molecule has 0 aromatic heterocycles. The minimum atomic E-state index is -4.95. The Kier molecular flexibility index (Phi) is 4.73. The van der Waals surface area contributed by atoms with Gasteiger partial charge in [0.05, 0.1) is 12.5 Å². The molecule has 5 nitrogen and oxygen atoms in total. The predicted molar refractivity (Wildman–Crippen MR) is 56.3 cm³/mol. The second-order valence-electron chi connectivity index (χ2n) is 3.70. The fraction of sp³-hybridized carbons (Fsp3) is 0.364. The number of ether oxygens (including phenoxy) is 1. The van der Waals surface area contributed by atoms with E-state index < -0.39 is 36.7 Å². The zero-order valence-corrected chi connectivity index (χ0v) is 9.46. The monoisotopic (exact) mass is 280 g/mol. The average Bonchev–Trinajstić information content (AvgIpc) is 2.25. The first-order chi connectivity index (χ1) is 8.70. The third-order valence-corrected chi connectivity index (χ3v) is 2.21. The number of para-hydroxylation sites is 1. The Bertz CT molecular complexity index is 446. The molecule has 106 valence electrons. The lowest BCUT2D eigenvalue weighted by atomic mass is 10.0. The van der Waals surface area contributed by atoms with Gasteiger partial charge in [-0.05, 0) is 6.07 Å². The van der Waals surface area contributed by atoms with Gasteiger partial charge in [0.1, 0.15) is 11.9 Å². The summed E-state index contributed by atoms with van der Waals surface area (Å²) in [6, 6.07) is 4.65. The highest BCUT2D eigenvalue weighted by Gasteiger charge is 2.33. The zero-order valence-electron chi connectivity index (χ0n) is 9.46. The summed E-state index contributed by atoms with van der Waals surface area (Å²) in [5, 5.41) is 27.5. The van der Waals surface area contributed by atoms with Gasteiger partial charge >= 0.3 is 12.3 Å². The van der Waals surface area contributed by atoms with Crippen molar-refractivity contribution in [2.75, 3.05) is 0 Å². The van der Waals surface area contributed by atoms with E-state index in [1.807, 2.05) is 0 Å². The van der Waals surface area contributed by atoms with Crippen molar-refractivity contribution in [2.45, 2.75) is 25.0 Å². The number of aliphatic hydroxyl groups excluding tert-OH is 2. The summed E-state index contributed by atoms with van der Waals surface area (Å²) in [5.41, 5.74) is -0.339. The van der Waals surface area contributed by atoms with Crippen molar-refractivity contribution >= 4 is 5.97 Å². The zero-order chi connectivity index (χ0) is 14.6. The number of aliphatic carboxylic acids is 1. The molecule has 19 heavy (non-hydrogen) atoms. The largest absolute Gasteiger partial charge is 0.573 e. The first-order valence-corrected chi connectivity index (χ1v) is 5.13. The SMILES string of the molecule is O=C(O)CC(O)C(O)c1ccccc1OC(F)(F)F. The van der Waals surface area contributed by atoms with E-state index in [-0.39, 0.29) is 5.56 Å². The molecule has 3 N–H and O–H groups in total. The fourth-order valence-electron chi connectivity index (χ4n) is 1.44. The Labute approximate surface area is 105 Å². The maximum absolute atomic E-state index is 12.1. The van der Waals surface area contributed by atoms with Crippen LogP contribution in [0.3, 0.4) is 0 Å². The van der Waals surface area contributed by atoms with E-state index in [0.29, 0.717) is 0 Å². The first kappa shape index (κ1) is 15.3. The number of benzene rings is 1. The third-order valence-electron chi connectivity index (χ3n) is 2.21. The molecule has 1 aromatic rings. The lowest BCUT2D eigenvalue weighted by Gasteiger charge is -2.20. The number of hydrogen-bond donors (Lipinski definition) is 3. The Morgan fingerprint density at radius 3 is 2.37 bits per heavy atom. The molecule has 0 fully saturated rings. The van der Waals surface area contributed by atoms with Crippen LogP contribution in [0.2, 0.25) is 0 Å². The van der Waals surface area contributed by atoms with Crippen LogP contribution < -0.4 is 4.74 Å². The lowest BCUT2D eigenvalue weighted by molar-refractivity contribution is -0.275. The quantitative estimate of drug-likeness (QED) is 0.760. The van der Waals surface area contributed by atoms with Crippen LogP contribution in [0.5, 0.6) is 5.75 Å². The Balaban J connectivity index is 2.96. The summed E-state index contributed by atoms with van der Waals surface area (Å²) in [6.45, 7) is 0. The molecule has 0 saturated heterocycles. The standard InChI is InChI=1S/C11H11F3O5/c12-11(13,14)19-8-4-2-1-3-6(8)10(18)7(15)5-9(16)17/h1-4,7,10,15,18H,5H2,(H,16,17). The molecule has 2 atom stereocenters. The minimum Gasteiger partial charge on any atom is -0.481 e. The van der Waals surface area contributed by atoms with Gasteiger partial charge in [0.15, 0.2) is 0 Å². The summed E-state index contributed by atoms with van der Waals surface area (Å²) in [7, 11) is 0. The molecule has 0 spiro atoms. The Morgan fingerprint density at radius 1 is 1.26 bits per heavy atom. The normalized spacial score (nSPS) is 14.8. The van der Waals surface area contributed by atoms with Gasteiger partial charge in [0.25, 0.3) is 0 Å². The molecule has 0 aliphatic heterocycles. The van der Waals surface area contributed by atoms with Gasteiger partial charge in [0.2, 0.25) is 0 Å². The van der Waals surface area contributed by atoms with E-state index in [1.165, 1.54) is 12.1 Å². The molecule has 0 aliphatic carbocycles. The van der Waals surface area contributed by atoms with Crippen LogP contribution >= 0.6 is 0 Å². The Morgan fingerprint density at radius 2 is 1.84 bits per heavy atom. The van der Waals surface area contributed by atoms with Crippen molar-refractivity contribution in [1.82, 2.24) is 0 Å². The minimum absolute atomic E-state index is 0.339. The van der Waals surface area contributed by atoms with Crippen LogP contribution in [0.25, 0.3) is 0 Å². The molecule has 1 aromatic carbocycles. The fourth-order valence-corrected chi connectivity index (χ4v) is 1.44. The maximum atomic E-state index is 12.1. The molecule has 0 amide bonds.